The number of rotatable bonds is 4. The van der Waals surface area contributed by atoms with E-state index in [0.717, 1.165) is 24.1 Å². The first-order valence-electron chi connectivity index (χ1n) is 6.65. The van der Waals surface area contributed by atoms with Crippen LogP contribution in [0.15, 0.2) is 60.0 Å². The van der Waals surface area contributed by atoms with Crippen molar-refractivity contribution in [3.63, 3.8) is 0 Å². The topological polar surface area (TPSA) is 38.9 Å². The molecule has 1 heterocycles. The van der Waals surface area contributed by atoms with Crippen LogP contribution in [-0.4, -0.2) is 4.98 Å². The number of aryl methyl sites for hydroxylation is 2. The second kappa shape index (κ2) is 5.88. The van der Waals surface area contributed by atoms with Gasteiger partial charge in [-0.3, -0.25) is 0 Å². The van der Waals surface area contributed by atoms with Crippen molar-refractivity contribution in [3.05, 3.63) is 71.1 Å². The summed E-state index contributed by atoms with van der Waals surface area (Å²) >= 11 is 1.48. The van der Waals surface area contributed by atoms with Gasteiger partial charge in [0.1, 0.15) is 0 Å². The van der Waals surface area contributed by atoms with Crippen LogP contribution in [0.3, 0.4) is 0 Å². The molecule has 0 aliphatic carbocycles. The van der Waals surface area contributed by atoms with Crippen LogP contribution in [-0.2, 0) is 12.8 Å². The van der Waals surface area contributed by atoms with E-state index < -0.39 is 0 Å². The molecular formula is C17H16N2S. The fourth-order valence-electron chi connectivity index (χ4n) is 2.20. The zero-order chi connectivity index (χ0) is 13.8. The third-order valence-electron chi connectivity index (χ3n) is 3.32. The summed E-state index contributed by atoms with van der Waals surface area (Å²) in [6.45, 7) is 0. The van der Waals surface area contributed by atoms with Crippen molar-refractivity contribution >= 4 is 16.5 Å². The maximum absolute atomic E-state index is 5.67. The summed E-state index contributed by atoms with van der Waals surface area (Å²) in [6, 6.07) is 19.2. The summed E-state index contributed by atoms with van der Waals surface area (Å²) in [6.07, 6.45) is 2.13. The minimum Gasteiger partial charge on any atom is -0.375 e. The van der Waals surface area contributed by atoms with Crippen molar-refractivity contribution in [1.29, 1.82) is 0 Å². The number of nitrogen functional groups attached to an aromatic ring is 1. The van der Waals surface area contributed by atoms with Crippen molar-refractivity contribution < 1.29 is 0 Å². The molecule has 0 atom stereocenters. The molecule has 0 aliphatic rings. The molecule has 0 saturated heterocycles. The first-order chi connectivity index (χ1) is 9.81. The van der Waals surface area contributed by atoms with Crippen molar-refractivity contribution in [2.45, 2.75) is 12.8 Å². The van der Waals surface area contributed by atoms with E-state index in [4.69, 9.17) is 5.73 Å². The molecular weight excluding hydrogens is 264 g/mol. The van der Waals surface area contributed by atoms with Gasteiger partial charge in [-0.2, -0.15) is 0 Å². The van der Waals surface area contributed by atoms with E-state index in [-0.39, 0.29) is 0 Å². The number of nitrogens with two attached hydrogens (primary N) is 1. The molecule has 0 radical (unpaired) electrons. The van der Waals surface area contributed by atoms with Crippen LogP contribution < -0.4 is 5.73 Å². The summed E-state index contributed by atoms with van der Waals surface area (Å²) in [5.41, 5.74) is 10.5. The Labute approximate surface area is 122 Å². The molecule has 1 aromatic heterocycles. The lowest BCUT2D eigenvalue weighted by Gasteiger charge is -2.03. The van der Waals surface area contributed by atoms with Gasteiger partial charge in [-0.05, 0) is 24.0 Å². The SMILES string of the molecule is Nc1nc(-c2ccc(CCc3ccccc3)cc2)cs1. The van der Waals surface area contributed by atoms with Gasteiger partial charge in [-0.15, -0.1) is 11.3 Å². The van der Waals surface area contributed by atoms with Gasteiger partial charge < -0.3 is 5.73 Å². The molecule has 0 spiro atoms. The van der Waals surface area contributed by atoms with Crippen molar-refractivity contribution in [2.24, 2.45) is 0 Å². The van der Waals surface area contributed by atoms with Gasteiger partial charge in [0.15, 0.2) is 5.13 Å². The quantitative estimate of drug-likeness (QED) is 0.778. The molecule has 2 N–H and O–H groups in total. The number of thiazole rings is 1. The van der Waals surface area contributed by atoms with E-state index in [1.807, 2.05) is 5.38 Å². The van der Waals surface area contributed by atoms with Crippen LogP contribution in [0, 0.1) is 0 Å². The standard InChI is InChI=1S/C17H16N2S/c18-17-19-16(12-20-17)15-10-8-14(9-11-15)7-6-13-4-2-1-3-5-13/h1-5,8-12H,6-7H2,(H2,18,19). The Morgan fingerprint density at radius 3 is 2.10 bits per heavy atom. The van der Waals surface area contributed by atoms with Crippen LogP contribution >= 0.6 is 11.3 Å². The Kier molecular flexibility index (Phi) is 3.79. The highest BCUT2D eigenvalue weighted by molar-refractivity contribution is 7.13. The molecule has 20 heavy (non-hydrogen) atoms. The zero-order valence-corrected chi connectivity index (χ0v) is 11.9. The number of aromatic nitrogens is 1. The first kappa shape index (κ1) is 12.9. The Hall–Kier alpha value is -2.13. The third-order valence-corrected chi connectivity index (χ3v) is 3.99. The predicted octanol–water partition coefficient (Wildman–Crippen LogP) is 4.18. The van der Waals surface area contributed by atoms with E-state index in [0.29, 0.717) is 5.13 Å². The predicted molar refractivity (Wildman–Crippen MR) is 85.8 cm³/mol. The lowest BCUT2D eigenvalue weighted by atomic mass is 10.0. The summed E-state index contributed by atoms with van der Waals surface area (Å²) in [5, 5.41) is 2.61. The average Bonchev–Trinajstić information content (AvgIpc) is 2.93. The number of anilines is 1. The van der Waals surface area contributed by atoms with Gasteiger partial charge in [0.25, 0.3) is 0 Å². The minimum absolute atomic E-state index is 0.619. The van der Waals surface area contributed by atoms with Crippen LogP contribution in [0.2, 0.25) is 0 Å². The normalized spacial score (nSPS) is 10.6. The highest BCUT2D eigenvalue weighted by atomic mass is 32.1. The van der Waals surface area contributed by atoms with Crippen molar-refractivity contribution in [2.75, 3.05) is 5.73 Å². The summed E-state index contributed by atoms with van der Waals surface area (Å²) in [5.74, 6) is 0. The average molecular weight is 280 g/mol. The molecule has 0 saturated carbocycles. The van der Waals surface area contributed by atoms with Crippen molar-refractivity contribution in [3.8, 4) is 11.3 Å². The first-order valence-corrected chi connectivity index (χ1v) is 7.53. The van der Waals surface area contributed by atoms with Crippen LogP contribution in [0.4, 0.5) is 5.13 Å². The molecule has 100 valence electrons. The van der Waals surface area contributed by atoms with Crippen LogP contribution in [0.5, 0.6) is 0 Å². The van der Waals surface area contributed by atoms with Gasteiger partial charge in [-0.1, -0.05) is 54.6 Å². The van der Waals surface area contributed by atoms with Gasteiger partial charge in [0.05, 0.1) is 5.69 Å². The van der Waals surface area contributed by atoms with E-state index in [2.05, 4.69) is 59.6 Å². The van der Waals surface area contributed by atoms with E-state index in [1.165, 1.54) is 22.5 Å². The largest absolute Gasteiger partial charge is 0.375 e. The molecule has 3 heteroatoms. The maximum Gasteiger partial charge on any atom is 0.180 e. The third kappa shape index (κ3) is 3.06. The highest BCUT2D eigenvalue weighted by Crippen LogP contribution is 2.23. The number of benzene rings is 2. The second-order valence-electron chi connectivity index (χ2n) is 4.75. The summed E-state index contributed by atoms with van der Waals surface area (Å²) < 4.78 is 0. The molecule has 0 amide bonds. The lowest BCUT2D eigenvalue weighted by Crippen LogP contribution is -1.91. The Bertz CT molecular complexity index is 672. The van der Waals surface area contributed by atoms with E-state index in [9.17, 15) is 0 Å². The molecule has 2 aromatic carbocycles. The fourth-order valence-corrected chi connectivity index (χ4v) is 2.77. The number of hydrogen-bond acceptors (Lipinski definition) is 3. The molecule has 3 aromatic rings. The van der Waals surface area contributed by atoms with Crippen LogP contribution in [0.25, 0.3) is 11.3 Å². The summed E-state index contributed by atoms with van der Waals surface area (Å²) in [4.78, 5) is 4.30. The summed E-state index contributed by atoms with van der Waals surface area (Å²) in [7, 11) is 0. The fraction of sp³-hybridized carbons (Fsp3) is 0.118. The minimum atomic E-state index is 0.619. The van der Waals surface area contributed by atoms with Gasteiger partial charge >= 0.3 is 0 Å². The Morgan fingerprint density at radius 2 is 1.50 bits per heavy atom. The van der Waals surface area contributed by atoms with E-state index in [1.54, 1.807) is 0 Å². The number of hydrogen-bond donors (Lipinski definition) is 1. The zero-order valence-electron chi connectivity index (χ0n) is 11.1. The van der Waals surface area contributed by atoms with Crippen molar-refractivity contribution in [1.82, 2.24) is 4.98 Å². The molecule has 3 rings (SSSR count). The maximum atomic E-state index is 5.67. The van der Waals surface area contributed by atoms with Gasteiger partial charge in [-0.25, -0.2) is 4.98 Å². The highest BCUT2D eigenvalue weighted by Gasteiger charge is 2.02. The smallest absolute Gasteiger partial charge is 0.180 e. The van der Waals surface area contributed by atoms with Gasteiger partial charge in [0.2, 0.25) is 0 Å². The Balaban J connectivity index is 1.67. The van der Waals surface area contributed by atoms with E-state index >= 15 is 0 Å². The molecule has 2 nitrogen and oxygen atoms in total. The Morgan fingerprint density at radius 1 is 0.850 bits per heavy atom. The molecule has 0 unspecified atom stereocenters. The number of nitrogens with zero attached hydrogens (tertiary/aromatic N) is 1. The van der Waals surface area contributed by atoms with Crippen LogP contribution in [0.1, 0.15) is 11.1 Å². The molecule has 0 aliphatic heterocycles. The molecule has 0 fully saturated rings. The second-order valence-corrected chi connectivity index (χ2v) is 5.64. The lowest BCUT2D eigenvalue weighted by molar-refractivity contribution is 0.960. The van der Waals surface area contributed by atoms with Gasteiger partial charge in [0, 0.05) is 10.9 Å². The monoisotopic (exact) mass is 280 g/mol. The molecule has 0 bridgehead atoms.